The zero-order valence-electron chi connectivity index (χ0n) is 6.67. The molecule has 0 heterocycles. The first-order chi connectivity index (χ1) is 5.13. The fourth-order valence-corrected chi connectivity index (χ4v) is 0.708. The highest BCUT2D eigenvalue weighted by molar-refractivity contribution is 5.75. The number of carbonyl (C=O) groups is 1. The number of allylic oxidation sites excluding steroid dienone is 1. The van der Waals surface area contributed by atoms with Crippen LogP contribution in [-0.2, 0) is 9.53 Å². The van der Waals surface area contributed by atoms with Crippen LogP contribution in [0, 0.1) is 5.92 Å². The molecular weight excluding hydrogens is 142 g/mol. The van der Waals surface area contributed by atoms with Crippen molar-refractivity contribution >= 4 is 5.97 Å². The lowest BCUT2D eigenvalue weighted by Gasteiger charge is -2.10. The van der Waals surface area contributed by atoms with Gasteiger partial charge >= 0.3 is 5.97 Å². The maximum Gasteiger partial charge on any atom is 0.314 e. The SMILES string of the molecule is C=CCC(C(=C)N)C(=O)OC. The number of rotatable bonds is 4. The van der Waals surface area contributed by atoms with Gasteiger partial charge in [0.05, 0.1) is 13.0 Å². The summed E-state index contributed by atoms with van der Waals surface area (Å²) in [6.07, 6.45) is 2.08. The van der Waals surface area contributed by atoms with Crippen LogP contribution in [0.4, 0.5) is 0 Å². The normalized spacial score (nSPS) is 11.7. The zero-order valence-corrected chi connectivity index (χ0v) is 6.67. The molecule has 0 aromatic rings. The molecule has 0 aliphatic heterocycles. The third kappa shape index (κ3) is 2.89. The van der Waals surface area contributed by atoms with Gasteiger partial charge < -0.3 is 10.5 Å². The lowest BCUT2D eigenvalue weighted by Crippen LogP contribution is -2.21. The summed E-state index contributed by atoms with van der Waals surface area (Å²) in [4.78, 5) is 10.9. The minimum absolute atomic E-state index is 0.316. The Kier molecular flexibility index (Phi) is 4.03. The Morgan fingerprint density at radius 3 is 2.64 bits per heavy atom. The van der Waals surface area contributed by atoms with E-state index in [0.29, 0.717) is 12.1 Å². The topological polar surface area (TPSA) is 52.3 Å². The van der Waals surface area contributed by atoms with Crippen molar-refractivity contribution in [3.8, 4) is 0 Å². The van der Waals surface area contributed by atoms with Gasteiger partial charge in [-0.2, -0.15) is 0 Å². The lowest BCUT2D eigenvalue weighted by molar-refractivity contribution is -0.144. The van der Waals surface area contributed by atoms with Crippen LogP contribution in [-0.4, -0.2) is 13.1 Å². The number of ether oxygens (including phenoxy) is 1. The van der Waals surface area contributed by atoms with Gasteiger partial charge in [-0.15, -0.1) is 6.58 Å². The molecule has 1 atom stereocenters. The van der Waals surface area contributed by atoms with E-state index >= 15 is 0 Å². The smallest absolute Gasteiger partial charge is 0.314 e. The minimum atomic E-state index is -0.447. The molecule has 0 fully saturated rings. The maximum atomic E-state index is 10.9. The molecule has 0 amide bonds. The third-order valence-corrected chi connectivity index (χ3v) is 1.34. The molecule has 0 aliphatic carbocycles. The molecule has 62 valence electrons. The van der Waals surface area contributed by atoms with Crippen molar-refractivity contribution in [3.05, 3.63) is 24.9 Å². The van der Waals surface area contributed by atoms with Crippen molar-refractivity contribution in [3.63, 3.8) is 0 Å². The van der Waals surface area contributed by atoms with Gasteiger partial charge in [0, 0.05) is 5.70 Å². The van der Waals surface area contributed by atoms with Crippen molar-refractivity contribution in [2.45, 2.75) is 6.42 Å². The Labute approximate surface area is 66.5 Å². The first-order valence-corrected chi connectivity index (χ1v) is 3.26. The van der Waals surface area contributed by atoms with E-state index < -0.39 is 5.92 Å². The first-order valence-electron chi connectivity index (χ1n) is 3.26. The van der Waals surface area contributed by atoms with E-state index in [4.69, 9.17) is 5.73 Å². The van der Waals surface area contributed by atoms with E-state index in [-0.39, 0.29) is 5.97 Å². The number of nitrogens with two attached hydrogens (primary N) is 1. The molecular formula is C8H13NO2. The second kappa shape index (κ2) is 4.55. The Morgan fingerprint density at radius 1 is 1.82 bits per heavy atom. The van der Waals surface area contributed by atoms with Crippen molar-refractivity contribution < 1.29 is 9.53 Å². The van der Waals surface area contributed by atoms with Crippen LogP contribution in [0.3, 0.4) is 0 Å². The van der Waals surface area contributed by atoms with Crippen molar-refractivity contribution in [2.75, 3.05) is 7.11 Å². The molecule has 0 radical (unpaired) electrons. The summed E-state index contributed by atoms with van der Waals surface area (Å²) in [6, 6.07) is 0. The number of hydrogen-bond donors (Lipinski definition) is 1. The summed E-state index contributed by atoms with van der Waals surface area (Å²) in [5.41, 5.74) is 5.67. The van der Waals surface area contributed by atoms with E-state index in [0.717, 1.165) is 0 Å². The van der Waals surface area contributed by atoms with Crippen LogP contribution in [0.5, 0.6) is 0 Å². The van der Waals surface area contributed by atoms with E-state index in [2.05, 4.69) is 17.9 Å². The standard InChI is InChI=1S/C8H13NO2/c1-4-5-7(6(2)9)8(10)11-3/h4,7H,1-2,5,9H2,3H3. The molecule has 0 spiro atoms. The predicted molar refractivity (Wildman–Crippen MR) is 43.6 cm³/mol. The average molecular weight is 155 g/mol. The molecule has 0 rings (SSSR count). The fourth-order valence-electron chi connectivity index (χ4n) is 0.708. The highest BCUT2D eigenvalue weighted by atomic mass is 16.5. The summed E-state index contributed by atoms with van der Waals surface area (Å²) in [7, 11) is 1.32. The lowest BCUT2D eigenvalue weighted by atomic mass is 10.0. The van der Waals surface area contributed by atoms with Gasteiger partial charge in [0.1, 0.15) is 0 Å². The molecule has 1 unspecified atom stereocenters. The molecule has 0 aromatic carbocycles. The fraction of sp³-hybridized carbons (Fsp3) is 0.375. The van der Waals surface area contributed by atoms with E-state index in [1.54, 1.807) is 6.08 Å². The summed E-state index contributed by atoms with van der Waals surface area (Å²) in [6.45, 7) is 6.97. The van der Waals surface area contributed by atoms with E-state index in [1.807, 2.05) is 0 Å². The van der Waals surface area contributed by atoms with Crippen molar-refractivity contribution in [1.29, 1.82) is 0 Å². The molecule has 0 aromatic heterocycles. The zero-order chi connectivity index (χ0) is 8.85. The van der Waals surface area contributed by atoms with Gasteiger partial charge in [0.15, 0.2) is 0 Å². The van der Waals surface area contributed by atoms with Crippen LogP contribution in [0.25, 0.3) is 0 Å². The summed E-state index contributed by atoms with van der Waals surface area (Å²) < 4.78 is 4.50. The quantitative estimate of drug-likeness (QED) is 0.483. The summed E-state index contributed by atoms with van der Waals surface area (Å²) >= 11 is 0. The maximum absolute atomic E-state index is 10.9. The molecule has 3 nitrogen and oxygen atoms in total. The Morgan fingerprint density at radius 2 is 2.36 bits per heavy atom. The number of carbonyl (C=O) groups excluding carboxylic acids is 1. The van der Waals surface area contributed by atoms with E-state index in [1.165, 1.54) is 7.11 Å². The van der Waals surface area contributed by atoms with Crippen LogP contribution in [0.2, 0.25) is 0 Å². The number of hydrogen-bond acceptors (Lipinski definition) is 3. The Bertz CT molecular complexity index is 175. The Balaban J connectivity index is 4.20. The molecule has 0 aliphatic rings. The molecule has 3 heteroatoms. The van der Waals surface area contributed by atoms with Gasteiger partial charge in [-0.05, 0) is 6.42 Å². The monoisotopic (exact) mass is 155 g/mol. The van der Waals surface area contributed by atoms with Gasteiger partial charge in [0.2, 0.25) is 0 Å². The highest BCUT2D eigenvalue weighted by Gasteiger charge is 2.18. The predicted octanol–water partition coefficient (Wildman–Crippen LogP) is 0.824. The van der Waals surface area contributed by atoms with Crippen LogP contribution in [0.15, 0.2) is 24.9 Å². The molecule has 2 N–H and O–H groups in total. The highest BCUT2D eigenvalue weighted by Crippen LogP contribution is 2.10. The Hall–Kier alpha value is -1.25. The summed E-state index contributed by atoms with van der Waals surface area (Å²) in [5, 5.41) is 0. The van der Waals surface area contributed by atoms with Crippen LogP contribution in [0.1, 0.15) is 6.42 Å². The number of esters is 1. The van der Waals surface area contributed by atoms with Crippen LogP contribution >= 0.6 is 0 Å². The molecule has 0 saturated carbocycles. The molecule has 11 heavy (non-hydrogen) atoms. The van der Waals surface area contributed by atoms with Crippen molar-refractivity contribution in [2.24, 2.45) is 11.7 Å². The summed E-state index contributed by atoms with van der Waals surface area (Å²) in [5.74, 6) is -0.810. The third-order valence-electron chi connectivity index (χ3n) is 1.34. The van der Waals surface area contributed by atoms with Gasteiger partial charge in [-0.3, -0.25) is 4.79 Å². The van der Waals surface area contributed by atoms with Gasteiger partial charge in [-0.25, -0.2) is 0 Å². The first kappa shape index (κ1) is 9.75. The van der Waals surface area contributed by atoms with Gasteiger partial charge in [0.25, 0.3) is 0 Å². The van der Waals surface area contributed by atoms with Crippen molar-refractivity contribution in [1.82, 2.24) is 0 Å². The minimum Gasteiger partial charge on any atom is -0.468 e. The van der Waals surface area contributed by atoms with E-state index in [9.17, 15) is 4.79 Å². The van der Waals surface area contributed by atoms with Gasteiger partial charge in [-0.1, -0.05) is 12.7 Å². The number of methoxy groups -OCH3 is 1. The second-order valence-electron chi connectivity index (χ2n) is 2.18. The van der Waals surface area contributed by atoms with Crippen LogP contribution < -0.4 is 5.73 Å². The second-order valence-corrected chi connectivity index (χ2v) is 2.18. The average Bonchev–Trinajstić information content (AvgIpc) is 1.98. The largest absolute Gasteiger partial charge is 0.468 e. The molecule has 0 saturated heterocycles. The molecule has 0 bridgehead atoms.